The second kappa shape index (κ2) is 7.21. The lowest BCUT2D eigenvalue weighted by Gasteiger charge is -2.21. The van der Waals surface area contributed by atoms with Crippen molar-refractivity contribution >= 4 is 0 Å². The molecule has 0 radical (unpaired) electrons. The highest BCUT2D eigenvalue weighted by Gasteiger charge is 2.15. The van der Waals surface area contributed by atoms with Crippen molar-refractivity contribution in [2.45, 2.75) is 58.1 Å². The summed E-state index contributed by atoms with van der Waals surface area (Å²) in [6.45, 7) is 6.94. The van der Waals surface area contributed by atoms with Gasteiger partial charge in [0.1, 0.15) is 0 Å². The maximum absolute atomic E-state index is 8.92. The monoisotopic (exact) mass is 203 g/mol. The first-order valence-electron chi connectivity index (χ1n) is 5.53. The van der Waals surface area contributed by atoms with Crippen LogP contribution in [0.2, 0.25) is 0 Å². The number of hydrogen-bond donors (Lipinski definition) is 2. The molecule has 0 aromatic carbocycles. The van der Waals surface area contributed by atoms with Crippen molar-refractivity contribution in [2.24, 2.45) is 5.73 Å². The van der Waals surface area contributed by atoms with E-state index in [0.717, 1.165) is 32.3 Å². The van der Waals surface area contributed by atoms with Gasteiger partial charge in [-0.1, -0.05) is 6.92 Å². The minimum Gasteiger partial charge on any atom is -0.394 e. The minimum atomic E-state index is -0.420. The summed E-state index contributed by atoms with van der Waals surface area (Å²) in [5.41, 5.74) is 5.37. The Morgan fingerprint density at radius 3 is 2.57 bits per heavy atom. The molecule has 0 aliphatic carbocycles. The van der Waals surface area contributed by atoms with Gasteiger partial charge >= 0.3 is 0 Å². The number of nitrogens with two attached hydrogens (primary N) is 1. The van der Waals surface area contributed by atoms with Crippen LogP contribution in [-0.4, -0.2) is 30.0 Å². The molecule has 2 unspecified atom stereocenters. The molecule has 0 saturated carbocycles. The van der Waals surface area contributed by atoms with Gasteiger partial charge in [-0.2, -0.15) is 0 Å². The summed E-state index contributed by atoms with van der Waals surface area (Å²) in [7, 11) is 0. The van der Waals surface area contributed by atoms with Gasteiger partial charge in [-0.15, -0.1) is 0 Å². The first-order chi connectivity index (χ1) is 6.52. The van der Waals surface area contributed by atoms with Gasteiger partial charge in [-0.05, 0) is 39.5 Å². The summed E-state index contributed by atoms with van der Waals surface area (Å²) >= 11 is 0. The van der Waals surface area contributed by atoms with E-state index < -0.39 is 5.54 Å². The second-order valence-electron chi connectivity index (χ2n) is 4.36. The Morgan fingerprint density at radius 2 is 2.07 bits per heavy atom. The predicted molar refractivity (Wildman–Crippen MR) is 59.2 cm³/mol. The maximum Gasteiger partial charge on any atom is 0.0608 e. The van der Waals surface area contributed by atoms with Crippen molar-refractivity contribution < 1.29 is 9.84 Å². The molecule has 0 aliphatic rings. The summed E-state index contributed by atoms with van der Waals surface area (Å²) in [5.74, 6) is 0. The molecule has 0 fully saturated rings. The first-order valence-corrected chi connectivity index (χ1v) is 5.53. The quantitative estimate of drug-likeness (QED) is 0.590. The van der Waals surface area contributed by atoms with E-state index >= 15 is 0 Å². The van der Waals surface area contributed by atoms with Crippen LogP contribution < -0.4 is 5.73 Å². The van der Waals surface area contributed by atoms with E-state index in [4.69, 9.17) is 15.6 Å². The van der Waals surface area contributed by atoms with Crippen molar-refractivity contribution in [1.82, 2.24) is 0 Å². The molecule has 3 nitrogen and oxygen atoms in total. The summed E-state index contributed by atoms with van der Waals surface area (Å²) < 4.78 is 5.54. The van der Waals surface area contributed by atoms with Crippen molar-refractivity contribution in [2.75, 3.05) is 13.2 Å². The third-order valence-corrected chi connectivity index (χ3v) is 2.48. The lowest BCUT2D eigenvalue weighted by atomic mass is 9.97. The molecule has 86 valence electrons. The van der Waals surface area contributed by atoms with Crippen LogP contribution in [0.1, 0.15) is 46.5 Å². The number of ether oxygens (including phenoxy) is 1. The van der Waals surface area contributed by atoms with Crippen LogP contribution in [0, 0.1) is 0 Å². The Balaban J connectivity index is 3.30. The molecule has 0 heterocycles. The van der Waals surface area contributed by atoms with Gasteiger partial charge in [-0.25, -0.2) is 0 Å². The van der Waals surface area contributed by atoms with Gasteiger partial charge in [-0.3, -0.25) is 0 Å². The molecule has 0 aromatic rings. The van der Waals surface area contributed by atoms with Crippen molar-refractivity contribution in [3.05, 3.63) is 0 Å². The highest BCUT2D eigenvalue weighted by atomic mass is 16.5. The maximum atomic E-state index is 8.92. The van der Waals surface area contributed by atoms with Crippen LogP contribution in [0.5, 0.6) is 0 Å². The van der Waals surface area contributed by atoms with Crippen LogP contribution in [0.15, 0.2) is 0 Å². The molecule has 0 amide bonds. The number of aliphatic hydroxyl groups excluding tert-OH is 1. The van der Waals surface area contributed by atoms with Crippen molar-refractivity contribution in [3.63, 3.8) is 0 Å². The van der Waals surface area contributed by atoms with Gasteiger partial charge in [0, 0.05) is 12.1 Å². The van der Waals surface area contributed by atoms with E-state index in [1.165, 1.54) is 0 Å². The zero-order chi connectivity index (χ0) is 11.0. The standard InChI is InChI=1S/C11H25NO2/c1-4-10(2)14-8-6-5-7-11(3,12)9-13/h10,13H,4-9,12H2,1-3H3. The average Bonchev–Trinajstić information content (AvgIpc) is 2.17. The van der Waals surface area contributed by atoms with E-state index in [-0.39, 0.29) is 6.61 Å². The zero-order valence-corrected chi connectivity index (χ0v) is 9.75. The average molecular weight is 203 g/mol. The van der Waals surface area contributed by atoms with Crippen LogP contribution in [0.3, 0.4) is 0 Å². The molecule has 2 atom stereocenters. The Bertz CT molecular complexity index is 137. The summed E-state index contributed by atoms with van der Waals surface area (Å²) in [4.78, 5) is 0. The fourth-order valence-corrected chi connectivity index (χ4v) is 1.11. The van der Waals surface area contributed by atoms with Crippen LogP contribution in [0.25, 0.3) is 0 Å². The van der Waals surface area contributed by atoms with Gasteiger partial charge in [0.05, 0.1) is 12.7 Å². The van der Waals surface area contributed by atoms with Crippen molar-refractivity contribution in [1.29, 1.82) is 0 Å². The first kappa shape index (κ1) is 13.9. The molecule has 0 rings (SSSR count). The summed E-state index contributed by atoms with van der Waals surface area (Å²) in [6, 6.07) is 0. The Labute approximate surface area is 87.6 Å². The molecule has 3 N–H and O–H groups in total. The normalized spacial score (nSPS) is 17.8. The van der Waals surface area contributed by atoms with Crippen LogP contribution in [-0.2, 0) is 4.74 Å². The molecule has 3 heteroatoms. The highest BCUT2D eigenvalue weighted by molar-refractivity contribution is 4.76. The smallest absolute Gasteiger partial charge is 0.0608 e. The van der Waals surface area contributed by atoms with E-state index in [0.29, 0.717) is 6.10 Å². The number of hydrogen-bond acceptors (Lipinski definition) is 3. The van der Waals surface area contributed by atoms with Gasteiger partial charge in [0.25, 0.3) is 0 Å². The number of rotatable bonds is 8. The fraction of sp³-hybridized carbons (Fsp3) is 1.00. The third-order valence-electron chi connectivity index (χ3n) is 2.48. The zero-order valence-electron chi connectivity index (χ0n) is 9.75. The van der Waals surface area contributed by atoms with E-state index in [2.05, 4.69) is 13.8 Å². The molecule has 14 heavy (non-hydrogen) atoms. The van der Waals surface area contributed by atoms with Gasteiger partial charge < -0.3 is 15.6 Å². The Hall–Kier alpha value is -0.120. The largest absolute Gasteiger partial charge is 0.394 e. The molecule has 0 spiro atoms. The molecular formula is C11H25NO2. The van der Waals surface area contributed by atoms with E-state index in [1.807, 2.05) is 6.92 Å². The van der Waals surface area contributed by atoms with Gasteiger partial charge in [0.2, 0.25) is 0 Å². The van der Waals surface area contributed by atoms with Crippen LogP contribution in [0.4, 0.5) is 0 Å². The molecular weight excluding hydrogens is 178 g/mol. The second-order valence-corrected chi connectivity index (χ2v) is 4.36. The predicted octanol–water partition coefficient (Wildman–Crippen LogP) is 1.68. The molecule has 0 aromatic heterocycles. The van der Waals surface area contributed by atoms with Crippen LogP contribution >= 0.6 is 0 Å². The Morgan fingerprint density at radius 1 is 1.43 bits per heavy atom. The molecule has 0 saturated heterocycles. The van der Waals surface area contributed by atoms with E-state index in [1.54, 1.807) is 0 Å². The molecule has 0 bridgehead atoms. The highest BCUT2D eigenvalue weighted by Crippen LogP contribution is 2.10. The summed E-state index contributed by atoms with van der Waals surface area (Å²) in [5, 5.41) is 8.92. The number of aliphatic hydroxyl groups is 1. The van der Waals surface area contributed by atoms with Crippen molar-refractivity contribution in [3.8, 4) is 0 Å². The van der Waals surface area contributed by atoms with E-state index in [9.17, 15) is 0 Å². The number of unbranched alkanes of at least 4 members (excludes halogenated alkanes) is 1. The minimum absolute atomic E-state index is 0.0548. The SMILES string of the molecule is CCC(C)OCCCCC(C)(N)CO. The topological polar surface area (TPSA) is 55.5 Å². The third kappa shape index (κ3) is 7.30. The fourth-order valence-electron chi connectivity index (χ4n) is 1.11. The lowest BCUT2D eigenvalue weighted by Crippen LogP contribution is -2.39. The molecule has 0 aliphatic heterocycles. The van der Waals surface area contributed by atoms with Gasteiger partial charge in [0.15, 0.2) is 0 Å². The lowest BCUT2D eigenvalue weighted by molar-refractivity contribution is 0.0594. The summed E-state index contributed by atoms with van der Waals surface area (Å²) in [6.07, 6.45) is 4.32. The Kier molecular flexibility index (Phi) is 7.15.